The maximum atomic E-state index is 12.8. The molecule has 9 heteroatoms. The van der Waals surface area contributed by atoms with Gasteiger partial charge in [0, 0.05) is 25.7 Å². The molecule has 1 aromatic rings. The largest absolute Gasteiger partial charge is 0.434 e. The van der Waals surface area contributed by atoms with Crippen LogP contribution in [-0.4, -0.2) is 55.5 Å². The minimum Gasteiger partial charge on any atom is -0.434 e. The first-order chi connectivity index (χ1) is 13.0. The molecular weight excluding hydrogens is 392 g/mol. The minimum atomic E-state index is -3.00. The van der Waals surface area contributed by atoms with E-state index in [0.29, 0.717) is 19.4 Å². The van der Waals surface area contributed by atoms with E-state index in [4.69, 9.17) is 0 Å². The van der Waals surface area contributed by atoms with Crippen LogP contribution in [0.1, 0.15) is 36.0 Å². The second-order valence-electron chi connectivity index (χ2n) is 7.02. The Balaban J connectivity index is 0.00000280. The SMILES string of the molecule is Cl.O=C(NC1CCCNC1)C1CCCN(C(=O)c2ccccc2OC(F)F)C1. The maximum Gasteiger partial charge on any atom is 0.387 e. The van der Waals surface area contributed by atoms with Gasteiger partial charge in [0.2, 0.25) is 5.91 Å². The molecule has 6 nitrogen and oxygen atoms in total. The van der Waals surface area contributed by atoms with Crippen molar-refractivity contribution in [2.75, 3.05) is 26.2 Å². The molecule has 0 aliphatic carbocycles. The Morgan fingerprint density at radius 1 is 1.21 bits per heavy atom. The number of carbonyl (C=O) groups is 2. The Morgan fingerprint density at radius 2 is 2.00 bits per heavy atom. The van der Waals surface area contributed by atoms with Crippen molar-refractivity contribution in [1.29, 1.82) is 0 Å². The normalized spacial score (nSPS) is 22.3. The highest BCUT2D eigenvalue weighted by Gasteiger charge is 2.31. The van der Waals surface area contributed by atoms with Gasteiger partial charge in [-0.15, -0.1) is 12.4 Å². The van der Waals surface area contributed by atoms with Gasteiger partial charge in [-0.1, -0.05) is 12.1 Å². The molecule has 2 aliphatic heterocycles. The van der Waals surface area contributed by atoms with Crippen molar-refractivity contribution < 1.29 is 23.1 Å². The van der Waals surface area contributed by atoms with Crippen LogP contribution >= 0.6 is 12.4 Å². The van der Waals surface area contributed by atoms with Crippen LogP contribution in [-0.2, 0) is 4.79 Å². The highest BCUT2D eigenvalue weighted by molar-refractivity contribution is 5.97. The van der Waals surface area contributed by atoms with Crippen LogP contribution < -0.4 is 15.4 Å². The number of ether oxygens (including phenoxy) is 1. The molecule has 0 aromatic heterocycles. The molecule has 2 heterocycles. The predicted octanol–water partition coefficient (Wildman–Crippen LogP) is 2.43. The number of rotatable bonds is 5. The standard InChI is InChI=1S/C19H25F2N3O3.ClH/c20-19(21)27-16-8-2-1-7-15(16)18(26)24-10-4-5-13(12-24)17(25)23-14-6-3-9-22-11-14;/h1-2,7-8,13-14,19,22H,3-6,9-12H2,(H,23,25);1H. The molecule has 2 amide bonds. The van der Waals surface area contributed by atoms with Gasteiger partial charge in [-0.2, -0.15) is 8.78 Å². The predicted molar refractivity (Wildman–Crippen MR) is 103 cm³/mol. The number of piperidine rings is 2. The minimum absolute atomic E-state index is 0. The van der Waals surface area contributed by atoms with Crippen molar-refractivity contribution in [1.82, 2.24) is 15.5 Å². The Hall–Kier alpha value is -1.93. The lowest BCUT2D eigenvalue weighted by Gasteiger charge is -2.34. The molecule has 0 bridgehead atoms. The summed E-state index contributed by atoms with van der Waals surface area (Å²) in [5, 5.41) is 6.32. The fraction of sp³-hybridized carbons (Fsp3) is 0.579. The topological polar surface area (TPSA) is 70.7 Å². The van der Waals surface area contributed by atoms with Gasteiger partial charge in [0.15, 0.2) is 0 Å². The zero-order chi connectivity index (χ0) is 19.2. The molecule has 2 N–H and O–H groups in total. The molecule has 2 aliphatic rings. The lowest BCUT2D eigenvalue weighted by atomic mass is 9.95. The molecule has 2 saturated heterocycles. The summed E-state index contributed by atoms with van der Waals surface area (Å²) >= 11 is 0. The first kappa shape index (κ1) is 22.4. The molecule has 2 fully saturated rings. The van der Waals surface area contributed by atoms with E-state index in [2.05, 4.69) is 15.4 Å². The Morgan fingerprint density at radius 3 is 2.71 bits per heavy atom. The van der Waals surface area contributed by atoms with Gasteiger partial charge in [-0.3, -0.25) is 9.59 Å². The van der Waals surface area contributed by atoms with Crippen LogP contribution in [0.15, 0.2) is 24.3 Å². The lowest BCUT2D eigenvalue weighted by Crippen LogP contribution is -2.51. The third kappa shape index (κ3) is 5.78. The molecule has 0 spiro atoms. The zero-order valence-corrected chi connectivity index (χ0v) is 16.4. The number of alkyl halides is 2. The number of hydrogen-bond donors (Lipinski definition) is 2. The summed E-state index contributed by atoms with van der Waals surface area (Å²) in [6.45, 7) is -0.481. The number of halogens is 3. The first-order valence-electron chi connectivity index (χ1n) is 9.39. The molecule has 3 rings (SSSR count). The summed E-state index contributed by atoms with van der Waals surface area (Å²) in [6, 6.07) is 6.09. The molecule has 2 unspecified atom stereocenters. The lowest BCUT2D eigenvalue weighted by molar-refractivity contribution is -0.127. The fourth-order valence-electron chi connectivity index (χ4n) is 3.68. The first-order valence-corrected chi connectivity index (χ1v) is 9.39. The second kappa shape index (κ2) is 10.6. The molecular formula is C19H26ClF2N3O3. The third-order valence-corrected chi connectivity index (χ3v) is 5.06. The smallest absolute Gasteiger partial charge is 0.387 e. The summed E-state index contributed by atoms with van der Waals surface area (Å²) in [7, 11) is 0. The Kier molecular flexibility index (Phi) is 8.44. The van der Waals surface area contributed by atoms with Crippen LogP contribution in [0.3, 0.4) is 0 Å². The average Bonchev–Trinajstić information content (AvgIpc) is 2.68. The van der Waals surface area contributed by atoms with E-state index in [1.807, 2.05) is 0 Å². The van der Waals surface area contributed by atoms with E-state index < -0.39 is 6.61 Å². The van der Waals surface area contributed by atoms with Gasteiger partial charge in [-0.25, -0.2) is 0 Å². The van der Waals surface area contributed by atoms with E-state index in [-0.39, 0.29) is 54.0 Å². The molecule has 1 aromatic carbocycles. The monoisotopic (exact) mass is 417 g/mol. The number of benzene rings is 1. The van der Waals surface area contributed by atoms with E-state index in [1.165, 1.54) is 12.1 Å². The fourth-order valence-corrected chi connectivity index (χ4v) is 3.68. The number of amides is 2. The van der Waals surface area contributed by atoms with Gasteiger partial charge >= 0.3 is 6.61 Å². The summed E-state index contributed by atoms with van der Waals surface area (Å²) in [6.07, 6.45) is 3.39. The Labute approximate surface area is 169 Å². The van der Waals surface area contributed by atoms with E-state index in [9.17, 15) is 18.4 Å². The van der Waals surface area contributed by atoms with Crippen molar-refractivity contribution >= 4 is 24.2 Å². The van der Waals surface area contributed by atoms with E-state index in [1.54, 1.807) is 17.0 Å². The average molecular weight is 418 g/mol. The van der Waals surface area contributed by atoms with Gasteiger partial charge in [0.25, 0.3) is 5.91 Å². The van der Waals surface area contributed by atoms with Crippen molar-refractivity contribution in [2.24, 2.45) is 5.92 Å². The summed E-state index contributed by atoms with van der Waals surface area (Å²) in [5.74, 6) is -0.855. The van der Waals surface area contributed by atoms with E-state index in [0.717, 1.165) is 25.9 Å². The molecule has 28 heavy (non-hydrogen) atoms. The summed E-state index contributed by atoms with van der Waals surface area (Å²) < 4.78 is 29.6. The quantitative estimate of drug-likeness (QED) is 0.772. The van der Waals surface area contributed by atoms with Crippen LogP contribution in [0.4, 0.5) is 8.78 Å². The number of para-hydroxylation sites is 1. The van der Waals surface area contributed by atoms with Crippen molar-refractivity contribution in [3.8, 4) is 5.75 Å². The molecule has 0 radical (unpaired) electrons. The van der Waals surface area contributed by atoms with Gasteiger partial charge in [0.1, 0.15) is 5.75 Å². The van der Waals surface area contributed by atoms with E-state index >= 15 is 0 Å². The molecule has 2 atom stereocenters. The van der Waals surface area contributed by atoms with Gasteiger partial charge < -0.3 is 20.3 Å². The maximum absolute atomic E-state index is 12.8. The summed E-state index contributed by atoms with van der Waals surface area (Å²) in [4.78, 5) is 27.0. The van der Waals surface area contributed by atoms with Crippen molar-refractivity contribution in [3.63, 3.8) is 0 Å². The third-order valence-electron chi connectivity index (χ3n) is 5.06. The Bertz CT molecular complexity index is 672. The second-order valence-corrected chi connectivity index (χ2v) is 7.02. The molecule has 156 valence electrons. The van der Waals surface area contributed by atoms with Crippen LogP contribution in [0, 0.1) is 5.92 Å². The van der Waals surface area contributed by atoms with Gasteiger partial charge in [-0.05, 0) is 44.4 Å². The number of nitrogens with one attached hydrogen (secondary N) is 2. The number of hydrogen-bond acceptors (Lipinski definition) is 4. The number of nitrogens with zero attached hydrogens (tertiary/aromatic N) is 1. The number of carbonyl (C=O) groups excluding carboxylic acids is 2. The highest BCUT2D eigenvalue weighted by Crippen LogP contribution is 2.25. The van der Waals surface area contributed by atoms with Gasteiger partial charge in [0.05, 0.1) is 11.5 Å². The summed E-state index contributed by atoms with van der Waals surface area (Å²) in [5.41, 5.74) is 0.0929. The van der Waals surface area contributed by atoms with Crippen molar-refractivity contribution in [3.05, 3.63) is 29.8 Å². The van der Waals surface area contributed by atoms with Crippen LogP contribution in [0.25, 0.3) is 0 Å². The molecule has 0 saturated carbocycles. The zero-order valence-electron chi connectivity index (χ0n) is 15.5. The van der Waals surface area contributed by atoms with Crippen LogP contribution in [0.2, 0.25) is 0 Å². The van der Waals surface area contributed by atoms with Crippen molar-refractivity contribution in [2.45, 2.75) is 38.3 Å². The number of likely N-dealkylation sites (tertiary alicyclic amines) is 1. The van der Waals surface area contributed by atoms with Crippen LogP contribution in [0.5, 0.6) is 5.75 Å². The highest BCUT2D eigenvalue weighted by atomic mass is 35.5.